The zero-order valence-corrected chi connectivity index (χ0v) is 41.2. The van der Waals surface area contributed by atoms with Gasteiger partial charge in [-0.1, -0.05) is 40.7 Å². The van der Waals surface area contributed by atoms with Crippen LogP contribution in [0.1, 0.15) is 88.1 Å². The van der Waals surface area contributed by atoms with Crippen LogP contribution in [0.25, 0.3) is 22.1 Å². The first-order valence-electron chi connectivity index (χ1n) is 21.4. The van der Waals surface area contributed by atoms with Gasteiger partial charge in [0.05, 0.1) is 38.9 Å². The fourth-order valence-electron chi connectivity index (χ4n) is 8.29. The van der Waals surface area contributed by atoms with E-state index >= 15 is 0 Å². The van der Waals surface area contributed by atoms with Gasteiger partial charge in [0.25, 0.3) is 20.2 Å². The minimum absolute atomic E-state index is 0. The standard InChI is InChI=1S/C23H27N5O3S.C22H23N7O3S2.Ni/c1-23(2,3)15-8-9-17-18(13-15)25-22(24-17)27-26-19-12-14-6-4-10-28-11-5-7-16(20(14)28)21(19)32(29,30)31;1-4-6-29(7-5-2)19-11-21(34(30,31)32)18(10-20(19)33-3)27-28-22-25-16-8-14(12-23)15(13-24)9-17(16)26-22;/h8-9,12-13H,4-7,10-11H2,1-3H3,(H,24,25)(H,29,30,31);8-11H,4-7H2,1-3H3,(H,25,26)(H,30,31,32);. The second kappa shape index (κ2) is 20.6. The summed E-state index contributed by atoms with van der Waals surface area (Å²) in [5.41, 5.74) is 7.57. The fraction of sp³-hybridized carbons (Fsp3) is 0.378. The number of rotatable bonds is 12. The van der Waals surface area contributed by atoms with Crippen molar-refractivity contribution in [2.45, 2.75) is 93.2 Å². The number of benzene rings is 4. The van der Waals surface area contributed by atoms with Crippen molar-refractivity contribution in [3.8, 4) is 12.1 Å². The Balaban J connectivity index is 0.000000218. The molecule has 2 aromatic heterocycles. The molecule has 0 bridgehead atoms. The van der Waals surface area contributed by atoms with E-state index in [-0.39, 0.29) is 60.1 Å². The van der Waals surface area contributed by atoms with Crippen molar-refractivity contribution in [2.75, 3.05) is 42.2 Å². The van der Waals surface area contributed by atoms with Gasteiger partial charge in [-0.2, -0.15) is 27.4 Å². The van der Waals surface area contributed by atoms with Crippen molar-refractivity contribution in [1.82, 2.24) is 19.9 Å². The molecule has 18 nitrogen and oxygen atoms in total. The molecule has 22 heteroatoms. The van der Waals surface area contributed by atoms with Crippen LogP contribution in [0.5, 0.6) is 0 Å². The number of aromatic amines is 2. The molecular formula is C45H50N12NiO6S3. The van der Waals surface area contributed by atoms with E-state index in [1.54, 1.807) is 12.1 Å². The summed E-state index contributed by atoms with van der Waals surface area (Å²) >= 11 is 1.44. The maximum absolute atomic E-state index is 12.3. The number of thioether (sulfide) groups is 1. The van der Waals surface area contributed by atoms with E-state index in [0.717, 1.165) is 85.5 Å². The average molecular weight is 1010 g/mol. The zero-order valence-electron chi connectivity index (χ0n) is 37.7. The number of aromatic nitrogens is 4. The topological polar surface area (TPSA) is 270 Å². The number of nitrogens with zero attached hydrogens (tertiary/aromatic N) is 10. The molecule has 354 valence electrons. The third kappa shape index (κ3) is 11.2. The van der Waals surface area contributed by atoms with Crippen molar-refractivity contribution in [3.63, 3.8) is 0 Å². The van der Waals surface area contributed by atoms with E-state index < -0.39 is 20.2 Å². The van der Waals surface area contributed by atoms with E-state index in [1.165, 1.54) is 35.5 Å². The normalized spacial score (nSPS) is 13.9. The molecule has 67 heavy (non-hydrogen) atoms. The number of nitriles is 2. The molecule has 0 spiro atoms. The Morgan fingerprint density at radius 1 is 0.791 bits per heavy atom. The van der Waals surface area contributed by atoms with Gasteiger partial charge >= 0.3 is 0 Å². The third-order valence-corrected chi connectivity index (χ3v) is 13.9. The van der Waals surface area contributed by atoms with Crippen LogP contribution in [-0.4, -0.2) is 78.3 Å². The van der Waals surface area contributed by atoms with Gasteiger partial charge in [-0.15, -0.1) is 32.2 Å². The number of nitrogens with one attached hydrogen (secondary N) is 2. The van der Waals surface area contributed by atoms with E-state index in [1.807, 2.05) is 50.4 Å². The molecule has 0 amide bonds. The van der Waals surface area contributed by atoms with Crippen LogP contribution in [0.4, 0.5) is 34.6 Å². The van der Waals surface area contributed by atoms with Crippen LogP contribution >= 0.6 is 11.8 Å². The molecule has 6 aromatic rings. The van der Waals surface area contributed by atoms with Crippen LogP contribution < -0.4 is 9.80 Å². The Bertz CT molecular complexity index is 3160. The average Bonchev–Trinajstić information content (AvgIpc) is 3.88. The van der Waals surface area contributed by atoms with E-state index in [2.05, 4.69) is 71.0 Å². The predicted molar refractivity (Wildman–Crippen MR) is 255 cm³/mol. The molecule has 4 heterocycles. The number of fused-ring (bicyclic) bond motifs is 2. The molecule has 0 fully saturated rings. The number of azo groups is 2. The summed E-state index contributed by atoms with van der Waals surface area (Å²) in [5, 5.41) is 34.9. The van der Waals surface area contributed by atoms with Gasteiger partial charge in [-0.05, 0) is 109 Å². The molecule has 2 aliphatic heterocycles. The largest absolute Gasteiger partial charge is 0.371 e. The Kier molecular flexibility index (Phi) is 15.6. The van der Waals surface area contributed by atoms with E-state index in [4.69, 9.17) is 0 Å². The van der Waals surface area contributed by atoms with Crippen molar-refractivity contribution in [3.05, 3.63) is 76.3 Å². The maximum Gasteiger partial charge on any atom is 0.297 e. The molecular weight excluding hydrogens is 959 g/mol. The number of hydrogen-bond acceptors (Lipinski definition) is 15. The van der Waals surface area contributed by atoms with Crippen LogP contribution in [0, 0.1) is 22.7 Å². The number of H-pyrrole nitrogens is 2. The summed E-state index contributed by atoms with van der Waals surface area (Å²) in [6.07, 6.45) is 6.93. The first-order chi connectivity index (χ1) is 31.4. The van der Waals surface area contributed by atoms with Gasteiger partial charge in [-0.25, -0.2) is 9.97 Å². The first kappa shape index (κ1) is 50.7. The summed E-state index contributed by atoms with van der Waals surface area (Å²) in [5.74, 6) is 0.351. The van der Waals surface area contributed by atoms with E-state index in [9.17, 15) is 36.5 Å². The van der Waals surface area contributed by atoms with Crippen LogP contribution in [-0.2, 0) is 55.0 Å². The Morgan fingerprint density at radius 3 is 1.97 bits per heavy atom. The minimum Gasteiger partial charge on any atom is -0.371 e. The zero-order chi connectivity index (χ0) is 47.6. The number of aryl methyl sites for hydroxylation is 1. The molecule has 2 aliphatic rings. The van der Waals surface area contributed by atoms with Gasteiger partial charge in [0.2, 0.25) is 11.9 Å². The molecule has 4 aromatic carbocycles. The molecule has 0 saturated heterocycles. The number of hydrogen-bond donors (Lipinski definition) is 4. The summed E-state index contributed by atoms with van der Waals surface area (Å²) in [6, 6.07) is 17.6. The predicted octanol–water partition coefficient (Wildman–Crippen LogP) is 10.5. The quantitative estimate of drug-likeness (QED) is 0.0385. The smallest absolute Gasteiger partial charge is 0.297 e. The molecule has 0 atom stereocenters. The maximum atomic E-state index is 12.3. The first-order valence-corrected chi connectivity index (χ1v) is 25.5. The SMILES string of the molecule is CC(C)(C)c1ccc2nc(N=Nc3cc4c5c(c3S(=O)(=O)O)CCCN5CCC4)[nH]c2c1.CCCN(CCC)c1cc(S(=O)(=O)O)c(N=Nc2nc3cc(C#N)c(C#N)cc3[nH]2)cc1SC.[Ni]. The van der Waals surface area contributed by atoms with Crippen molar-refractivity contribution in [2.24, 2.45) is 20.5 Å². The fourth-order valence-corrected chi connectivity index (χ4v) is 10.4. The van der Waals surface area contributed by atoms with Crippen LogP contribution in [0.2, 0.25) is 0 Å². The molecule has 4 N–H and O–H groups in total. The second-order valence-corrected chi connectivity index (χ2v) is 20.6. The Morgan fingerprint density at radius 2 is 1.39 bits per heavy atom. The van der Waals surface area contributed by atoms with Gasteiger partial charge in [-0.3, -0.25) is 9.11 Å². The van der Waals surface area contributed by atoms with Crippen molar-refractivity contribution in [1.29, 1.82) is 10.5 Å². The third-order valence-electron chi connectivity index (χ3n) is 11.3. The minimum atomic E-state index is -4.58. The second-order valence-electron chi connectivity index (χ2n) is 17.0. The van der Waals surface area contributed by atoms with Crippen LogP contribution in [0.3, 0.4) is 0 Å². The van der Waals surface area contributed by atoms with Crippen molar-refractivity contribution >= 4 is 88.7 Å². The van der Waals surface area contributed by atoms with Gasteiger partial charge < -0.3 is 19.8 Å². The Hall–Kier alpha value is -5.74. The molecule has 0 aliphatic carbocycles. The van der Waals surface area contributed by atoms with Gasteiger partial charge in [0.15, 0.2) is 0 Å². The molecule has 8 rings (SSSR count). The van der Waals surface area contributed by atoms with E-state index in [0.29, 0.717) is 34.7 Å². The Labute approximate surface area is 403 Å². The number of anilines is 2. The van der Waals surface area contributed by atoms with Gasteiger partial charge in [0.1, 0.15) is 33.3 Å². The van der Waals surface area contributed by atoms with Gasteiger partial charge in [0, 0.05) is 53.3 Å². The summed E-state index contributed by atoms with van der Waals surface area (Å²) in [7, 11) is -9.05. The number of imidazole rings is 2. The summed E-state index contributed by atoms with van der Waals surface area (Å²) < 4.78 is 69.0. The molecule has 0 saturated carbocycles. The van der Waals surface area contributed by atoms with Crippen LogP contribution in [0.15, 0.2) is 83.7 Å². The summed E-state index contributed by atoms with van der Waals surface area (Å²) in [6.45, 7) is 13.8. The van der Waals surface area contributed by atoms with Crippen molar-refractivity contribution < 1.29 is 42.4 Å². The monoisotopic (exact) mass is 1010 g/mol. The summed E-state index contributed by atoms with van der Waals surface area (Å²) in [4.78, 5) is 19.4. The molecule has 0 radical (unpaired) electrons. The molecule has 0 unspecified atom stereocenters.